The zero-order valence-electron chi connectivity index (χ0n) is 5.60. The molecule has 0 unspecified atom stereocenters. The molecule has 0 spiro atoms. The third-order valence-electron chi connectivity index (χ3n) is 0.637. The van der Waals surface area contributed by atoms with Crippen LogP contribution in [0.25, 0.3) is 0 Å². The van der Waals surface area contributed by atoms with Gasteiger partial charge in [-0.25, -0.2) is 20.4 Å². The van der Waals surface area contributed by atoms with E-state index in [-0.39, 0.29) is 0 Å². The summed E-state index contributed by atoms with van der Waals surface area (Å²) < 4.78 is 0. The Hall–Kier alpha value is -1.46. The molecule has 0 bridgehead atoms. The first-order valence-corrected chi connectivity index (χ1v) is 2.76. The maximum atomic E-state index is 10.5. The minimum Gasteiger partial charge on any atom is -0.350 e. The number of hydrazine groups is 1. The van der Waals surface area contributed by atoms with Crippen LogP contribution in [0, 0.1) is 0 Å². The average molecular weight is 146 g/mol. The normalized spacial score (nSPS) is 8.10. The Morgan fingerprint density at radius 2 is 2.00 bits per heavy atom. The molecule has 0 aromatic rings. The van der Waals surface area contributed by atoms with Crippen molar-refractivity contribution in [3.05, 3.63) is 0 Å². The topological polar surface area (TPSA) is 96.2 Å². The minimum absolute atomic E-state index is 0.485. The van der Waals surface area contributed by atoms with E-state index in [0.717, 1.165) is 0 Å². The van der Waals surface area contributed by atoms with Gasteiger partial charge in [0.1, 0.15) is 0 Å². The SMILES string of the molecule is CCNC(=O)NNC(N)=O. The number of nitrogens with one attached hydrogen (secondary N) is 3. The van der Waals surface area contributed by atoms with E-state index in [1.807, 2.05) is 10.9 Å². The van der Waals surface area contributed by atoms with Gasteiger partial charge in [-0.15, -0.1) is 0 Å². The lowest BCUT2D eigenvalue weighted by atomic mass is 10.7. The highest BCUT2D eigenvalue weighted by Gasteiger charge is 1.95. The molecule has 6 nitrogen and oxygen atoms in total. The summed E-state index contributed by atoms with van der Waals surface area (Å²) in [6.07, 6.45) is 0. The maximum Gasteiger partial charge on any atom is 0.333 e. The van der Waals surface area contributed by atoms with Crippen LogP contribution in [0.15, 0.2) is 0 Å². The Morgan fingerprint density at radius 1 is 1.40 bits per heavy atom. The molecule has 0 aromatic carbocycles. The number of rotatable bonds is 1. The van der Waals surface area contributed by atoms with Gasteiger partial charge in [-0.3, -0.25) is 0 Å². The second-order valence-corrected chi connectivity index (χ2v) is 1.47. The number of primary amides is 1. The highest BCUT2D eigenvalue weighted by atomic mass is 16.2. The van der Waals surface area contributed by atoms with Crippen LogP contribution in [0.2, 0.25) is 0 Å². The summed E-state index contributed by atoms with van der Waals surface area (Å²) in [5.74, 6) is 0. The lowest BCUT2D eigenvalue weighted by Gasteiger charge is -2.03. The quantitative estimate of drug-likeness (QED) is 0.353. The molecule has 0 aliphatic carbocycles. The van der Waals surface area contributed by atoms with E-state index in [0.29, 0.717) is 6.54 Å². The van der Waals surface area contributed by atoms with E-state index in [4.69, 9.17) is 0 Å². The molecule has 0 aliphatic rings. The van der Waals surface area contributed by atoms with Crippen LogP contribution in [0.1, 0.15) is 6.92 Å². The Morgan fingerprint density at radius 3 is 2.40 bits per heavy atom. The first-order valence-electron chi connectivity index (χ1n) is 2.76. The van der Waals surface area contributed by atoms with Crippen LogP contribution in [0.4, 0.5) is 9.59 Å². The van der Waals surface area contributed by atoms with Gasteiger partial charge in [-0.1, -0.05) is 0 Å². The molecule has 0 saturated carbocycles. The number of hydrogen-bond acceptors (Lipinski definition) is 2. The van der Waals surface area contributed by atoms with Crippen LogP contribution >= 0.6 is 0 Å². The third-order valence-corrected chi connectivity index (χ3v) is 0.637. The molecule has 5 N–H and O–H groups in total. The van der Waals surface area contributed by atoms with Crippen molar-refractivity contribution in [2.45, 2.75) is 6.92 Å². The fourth-order valence-electron chi connectivity index (χ4n) is 0.323. The van der Waals surface area contributed by atoms with Gasteiger partial charge in [0.25, 0.3) is 0 Å². The van der Waals surface area contributed by atoms with E-state index in [1.165, 1.54) is 0 Å². The molecular weight excluding hydrogens is 136 g/mol. The molecule has 0 atom stereocenters. The standard InChI is InChI=1S/C4H10N4O2/c1-2-6-4(10)8-7-3(5)9/h2H2,1H3,(H3,5,7,9)(H2,6,8,10). The van der Waals surface area contributed by atoms with E-state index >= 15 is 0 Å². The second kappa shape index (κ2) is 4.42. The average Bonchev–Trinajstić information content (AvgIpc) is 1.85. The van der Waals surface area contributed by atoms with Gasteiger partial charge in [0.05, 0.1) is 0 Å². The molecule has 0 rings (SSSR count). The largest absolute Gasteiger partial charge is 0.350 e. The molecule has 6 heteroatoms. The van der Waals surface area contributed by atoms with Crippen molar-refractivity contribution in [2.24, 2.45) is 5.73 Å². The fraction of sp³-hybridized carbons (Fsp3) is 0.500. The van der Waals surface area contributed by atoms with Crippen molar-refractivity contribution in [3.63, 3.8) is 0 Å². The zero-order chi connectivity index (χ0) is 7.98. The molecule has 0 saturated heterocycles. The Balaban J connectivity index is 3.30. The summed E-state index contributed by atoms with van der Waals surface area (Å²) in [5, 5.41) is 2.38. The lowest BCUT2D eigenvalue weighted by molar-refractivity contribution is 0.228. The number of carbonyl (C=O) groups excluding carboxylic acids is 2. The number of nitrogens with two attached hydrogens (primary N) is 1. The molecule has 0 radical (unpaired) electrons. The fourth-order valence-corrected chi connectivity index (χ4v) is 0.323. The number of amides is 4. The highest BCUT2D eigenvalue weighted by molar-refractivity contribution is 5.78. The Kier molecular flexibility index (Phi) is 3.78. The summed E-state index contributed by atoms with van der Waals surface area (Å²) in [6, 6.07) is -1.28. The van der Waals surface area contributed by atoms with Gasteiger partial charge in [0.2, 0.25) is 0 Å². The zero-order valence-corrected chi connectivity index (χ0v) is 5.60. The summed E-state index contributed by atoms with van der Waals surface area (Å²) in [5.41, 5.74) is 8.56. The first-order chi connectivity index (χ1) is 4.66. The van der Waals surface area contributed by atoms with Crippen molar-refractivity contribution in [2.75, 3.05) is 6.54 Å². The van der Waals surface area contributed by atoms with E-state index in [2.05, 4.69) is 11.1 Å². The maximum absolute atomic E-state index is 10.5. The number of carbonyl (C=O) groups is 2. The van der Waals surface area contributed by atoms with Crippen LogP contribution in [-0.4, -0.2) is 18.6 Å². The van der Waals surface area contributed by atoms with Crippen LogP contribution in [0.5, 0.6) is 0 Å². The summed E-state index contributed by atoms with van der Waals surface area (Å²) in [7, 11) is 0. The number of urea groups is 2. The van der Waals surface area contributed by atoms with Crippen molar-refractivity contribution in [1.82, 2.24) is 16.2 Å². The van der Waals surface area contributed by atoms with Gasteiger partial charge >= 0.3 is 12.1 Å². The molecule has 10 heavy (non-hydrogen) atoms. The second-order valence-electron chi connectivity index (χ2n) is 1.47. The molecule has 0 aliphatic heterocycles. The van der Waals surface area contributed by atoms with E-state index in [1.54, 1.807) is 6.92 Å². The van der Waals surface area contributed by atoms with Crippen LogP contribution in [0.3, 0.4) is 0 Å². The first kappa shape index (κ1) is 8.54. The van der Waals surface area contributed by atoms with Gasteiger partial charge in [-0.05, 0) is 6.92 Å². The minimum atomic E-state index is -0.800. The van der Waals surface area contributed by atoms with E-state index < -0.39 is 12.1 Å². The predicted molar refractivity (Wildman–Crippen MR) is 34.9 cm³/mol. The molecule has 0 heterocycles. The number of hydrogen-bond donors (Lipinski definition) is 4. The molecule has 58 valence electrons. The van der Waals surface area contributed by atoms with Crippen molar-refractivity contribution < 1.29 is 9.59 Å². The highest BCUT2D eigenvalue weighted by Crippen LogP contribution is 1.58. The summed E-state index contributed by atoms with van der Waals surface area (Å²) >= 11 is 0. The Labute approximate surface area is 58.1 Å². The van der Waals surface area contributed by atoms with Gasteiger partial charge < -0.3 is 11.1 Å². The van der Waals surface area contributed by atoms with E-state index in [9.17, 15) is 9.59 Å². The molecule has 0 fully saturated rings. The third kappa shape index (κ3) is 4.69. The van der Waals surface area contributed by atoms with Crippen molar-refractivity contribution in [3.8, 4) is 0 Å². The van der Waals surface area contributed by atoms with Crippen molar-refractivity contribution in [1.29, 1.82) is 0 Å². The van der Waals surface area contributed by atoms with Gasteiger partial charge in [0, 0.05) is 6.54 Å². The smallest absolute Gasteiger partial charge is 0.333 e. The predicted octanol–water partition coefficient (Wildman–Crippen LogP) is -1.11. The molecule has 4 amide bonds. The molecular formula is C4H10N4O2. The monoisotopic (exact) mass is 146 g/mol. The lowest BCUT2D eigenvalue weighted by Crippen LogP contribution is -2.48. The summed E-state index contributed by atoms with van der Waals surface area (Å²) in [6.45, 7) is 2.25. The Bertz CT molecular complexity index is 135. The van der Waals surface area contributed by atoms with Crippen LogP contribution in [-0.2, 0) is 0 Å². The van der Waals surface area contributed by atoms with Gasteiger partial charge in [-0.2, -0.15) is 0 Å². The van der Waals surface area contributed by atoms with Crippen LogP contribution < -0.4 is 21.9 Å². The van der Waals surface area contributed by atoms with Gasteiger partial charge in [0.15, 0.2) is 0 Å². The summed E-state index contributed by atoms with van der Waals surface area (Å²) in [4.78, 5) is 20.4. The molecule has 0 aromatic heterocycles. The van der Waals surface area contributed by atoms with Crippen molar-refractivity contribution >= 4 is 12.1 Å².